The summed E-state index contributed by atoms with van der Waals surface area (Å²) < 4.78 is 12.3. The smallest absolute Gasteiger partial charge is 0.170 e. The molecule has 0 saturated carbocycles. The third-order valence-corrected chi connectivity index (χ3v) is 4.70. The fraction of sp³-hybridized carbons (Fsp3) is 1.00. The van der Waals surface area contributed by atoms with E-state index in [0.29, 0.717) is 5.92 Å². The Labute approximate surface area is 140 Å². The van der Waals surface area contributed by atoms with E-state index in [2.05, 4.69) is 34.6 Å². The first kappa shape index (κ1) is 21.9. The zero-order valence-electron chi connectivity index (χ0n) is 16.1. The molecule has 2 heteroatoms. The summed E-state index contributed by atoms with van der Waals surface area (Å²) in [6, 6.07) is 0. The van der Waals surface area contributed by atoms with E-state index >= 15 is 0 Å². The van der Waals surface area contributed by atoms with Crippen molar-refractivity contribution < 1.29 is 9.47 Å². The Hall–Kier alpha value is -0.0800. The maximum absolute atomic E-state index is 6.15. The van der Waals surface area contributed by atoms with Crippen molar-refractivity contribution in [2.45, 2.75) is 111 Å². The highest BCUT2D eigenvalue weighted by atomic mass is 16.7. The molecule has 0 aliphatic rings. The first-order chi connectivity index (χ1) is 10.7. The van der Waals surface area contributed by atoms with Crippen LogP contribution in [0.2, 0.25) is 0 Å². The second kappa shape index (κ2) is 14.5. The van der Waals surface area contributed by atoms with Gasteiger partial charge in [-0.15, -0.1) is 0 Å². The van der Waals surface area contributed by atoms with Gasteiger partial charge in [-0.25, -0.2) is 0 Å². The normalized spacial score (nSPS) is 13.5. The van der Waals surface area contributed by atoms with E-state index in [9.17, 15) is 0 Å². The molecular weight excluding hydrogens is 272 g/mol. The van der Waals surface area contributed by atoms with Crippen LogP contribution in [0.5, 0.6) is 0 Å². The van der Waals surface area contributed by atoms with E-state index in [1.165, 1.54) is 64.2 Å². The molecule has 134 valence electrons. The van der Waals surface area contributed by atoms with Crippen LogP contribution in [0.4, 0.5) is 0 Å². The van der Waals surface area contributed by atoms with Gasteiger partial charge >= 0.3 is 0 Å². The van der Waals surface area contributed by atoms with Gasteiger partial charge in [-0.1, -0.05) is 72.1 Å². The summed E-state index contributed by atoms with van der Waals surface area (Å²) in [5, 5.41) is 0. The zero-order chi connectivity index (χ0) is 16.7. The highest BCUT2D eigenvalue weighted by molar-refractivity contribution is 4.79. The molecule has 0 saturated heterocycles. The van der Waals surface area contributed by atoms with Gasteiger partial charge in [0.1, 0.15) is 0 Å². The molecule has 2 nitrogen and oxygen atoms in total. The summed E-state index contributed by atoms with van der Waals surface area (Å²) in [5.41, 5.74) is 0. The fourth-order valence-electron chi connectivity index (χ4n) is 3.46. The highest BCUT2D eigenvalue weighted by Crippen LogP contribution is 2.35. The van der Waals surface area contributed by atoms with Crippen LogP contribution in [-0.4, -0.2) is 19.0 Å². The van der Waals surface area contributed by atoms with Gasteiger partial charge in [-0.3, -0.25) is 0 Å². The van der Waals surface area contributed by atoms with Gasteiger partial charge in [-0.2, -0.15) is 0 Å². The van der Waals surface area contributed by atoms with Crippen LogP contribution in [-0.2, 0) is 9.47 Å². The molecular formula is C20H42O2. The molecule has 0 rings (SSSR count). The van der Waals surface area contributed by atoms with Crippen molar-refractivity contribution in [3.63, 3.8) is 0 Å². The highest BCUT2D eigenvalue weighted by Gasteiger charge is 2.37. The number of rotatable bonds is 16. The number of ether oxygens (including phenoxy) is 2. The lowest BCUT2D eigenvalue weighted by molar-refractivity contribution is -0.268. The molecule has 0 aliphatic heterocycles. The average Bonchev–Trinajstić information content (AvgIpc) is 2.53. The number of hydrogen-bond acceptors (Lipinski definition) is 2. The molecule has 22 heavy (non-hydrogen) atoms. The van der Waals surface area contributed by atoms with Crippen LogP contribution in [0.1, 0.15) is 105 Å². The maximum Gasteiger partial charge on any atom is 0.170 e. The van der Waals surface area contributed by atoms with Crippen molar-refractivity contribution in [3.05, 3.63) is 0 Å². The Morgan fingerprint density at radius 2 is 1.14 bits per heavy atom. The minimum absolute atomic E-state index is 0.345. The van der Waals surface area contributed by atoms with Crippen molar-refractivity contribution in [1.29, 1.82) is 0 Å². The van der Waals surface area contributed by atoms with E-state index in [1.54, 1.807) is 0 Å². The van der Waals surface area contributed by atoms with E-state index < -0.39 is 0 Å². The van der Waals surface area contributed by atoms with Crippen LogP contribution in [0, 0.1) is 5.92 Å². The lowest BCUT2D eigenvalue weighted by Gasteiger charge is -2.40. The number of hydrogen-bond donors (Lipinski definition) is 0. The second-order valence-corrected chi connectivity index (χ2v) is 6.43. The van der Waals surface area contributed by atoms with Crippen molar-refractivity contribution in [2.24, 2.45) is 5.92 Å². The molecule has 0 aromatic heterocycles. The second-order valence-electron chi connectivity index (χ2n) is 6.43. The maximum atomic E-state index is 6.15. The Balaban J connectivity index is 4.53. The van der Waals surface area contributed by atoms with Crippen molar-refractivity contribution in [2.75, 3.05) is 13.2 Å². The molecule has 0 spiro atoms. The predicted octanol–water partition coefficient (Wildman–Crippen LogP) is 6.72. The van der Waals surface area contributed by atoms with Gasteiger partial charge in [0, 0.05) is 19.1 Å². The van der Waals surface area contributed by atoms with Crippen LogP contribution in [0.25, 0.3) is 0 Å². The molecule has 1 atom stereocenters. The minimum atomic E-state index is -0.345. The summed E-state index contributed by atoms with van der Waals surface area (Å²) in [7, 11) is 0. The summed E-state index contributed by atoms with van der Waals surface area (Å²) in [5.74, 6) is 0.200. The third kappa shape index (κ3) is 8.53. The molecule has 1 unspecified atom stereocenters. The van der Waals surface area contributed by atoms with E-state index in [4.69, 9.17) is 9.47 Å². The SMILES string of the molecule is CCCCCCCCC(CCCC)C(CC)(OCC)OCC. The van der Waals surface area contributed by atoms with Crippen molar-refractivity contribution in [1.82, 2.24) is 0 Å². The summed E-state index contributed by atoms with van der Waals surface area (Å²) in [4.78, 5) is 0. The minimum Gasteiger partial charge on any atom is -0.350 e. The Bertz CT molecular complexity index is 222. The topological polar surface area (TPSA) is 18.5 Å². The fourth-order valence-corrected chi connectivity index (χ4v) is 3.46. The lowest BCUT2D eigenvalue weighted by Crippen LogP contribution is -2.43. The monoisotopic (exact) mass is 314 g/mol. The van der Waals surface area contributed by atoms with Gasteiger partial charge in [0.05, 0.1) is 0 Å². The van der Waals surface area contributed by atoms with Crippen LogP contribution in [0.15, 0.2) is 0 Å². The number of unbranched alkanes of at least 4 members (excludes halogenated alkanes) is 6. The quantitative estimate of drug-likeness (QED) is 0.232. The Morgan fingerprint density at radius 3 is 1.64 bits per heavy atom. The lowest BCUT2D eigenvalue weighted by atomic mass is 9.85. The van der Waals surface area contributed by atoms with Gasteiger partial charge < -0.3 is 9.47 Å². The summed E-state index contributed by atoms with van der Waals surface area (Å²) in [6.45, 7) is 12.4. The summed E-state index contributed by atoms with van der Waals surface area (Å²) in [6.07, 6.45) is 14.2. The van der Waals surface area contributed by atoms with E-state index in [0.717, 1.165) is 19.6 Å². The molecule has 0 aromatic rings. The Morgan fingerprint density at radius 1 is 0.636 bits per heavy atom. The first-order valence-electron chi connectivity index (χ1n) is 9.98. The van der Waals surface area contributed by atoms with Crippen molar-refractivity contribution >= 4 is 0 Å². The largest absolute Gasteiger partial charge is 0.350 e. The van der Waals surface area contributed by atoms with Crippen LogP contribution >= 0.6 is 0 Å². The zero-order valence-corrected chi connectivity index (χ0v) is 16.1. The molecule has 0 heterocycles. The van der Waals surface area contributed by atoms with Gasteiger partial charge in [0.25, 0.3) is 0 Å². The molecule has 0 amide bonds. The first-order valence-corrected chi connectivity index (χ1v) is 9.98. The predicted molar refractivity (Wildman–Crippen MR) is 97.3 cm³/mol. The summed E-state index contributed by atoms with van der Waals surface area (Å²) >= 11 is 0. The van der Waals surface area contributed by atoms with Gasteiger partial charge in [-0.05, 0) is 33.1 Å². The van der Waals surface area contributed by atoms with Gasteiger partial charge in [0.15, 0.2) is 5.79 Å². The molecule has 0 radical (unpaired) electrons. The molecule has 0 aromatic carbocycles. The Kier molecular flexibility index (Phi) is 14.5. The van der Waals surface area contributed by atoms with Crippen LogP contribution < -0.4 is 0 Å². The van der Waals surface area contributed by atoms with Crippen molar-refractivity contribution in [3.8, 4) is 0 Å². The average molecular weight is 315 g/mol. The molecule has 0 fully saturated rings. The molecule has 0 bridgehead atoms. The third-order valence-electron chi connectivity index (χ3n) is 4.70. The van der Waals surface area contributed by atoms with E-state index in [-0.39, 0.29) is 5.79 Å². The van der Waals surface area contributed by atoms with Crippen LogP contribution in [0.3, 0.4) is 0 Å². The van der Waals surface area contributed by atoms with E-state index in [1.807, 2.05) is 0 Å². The van der Waals surface area contributed by atoms with Gasteiger partial charge in [0.2, 0.25) is 0 Å². The molecule has 0 N–H and O–H groups in total. The standard InChI is InChI=1S/C20H42O2/c1-6-11-13-14-15-16-18-19(17-12-7-2)20(8-3,21-9-4)22-10-5/h19H,6-18H2,1-5H3. The molecule has 0 aliphatic carbocycles.